The molecule has 1 aromatic rings. The molecule has 2 amide bonds. The Bertz CT molecular complexity index is 510. The first-order valence-corrected chi connectivity index (χ1v) is 8.37. The maximum Gasteiger partial charge on any atom is 0.315 e. The van der Waals surface area contributed by atoms with Crippen molar-refractivity contribution in [2.24, 2.45) is 0 Å². The van der Waals surface area contributed by atoms with Gasteiger partial charge in [0.1, 0.15) is 0 Å². The molecule has 1 fully saturated rings. The molecule has 0 unspecified atom stereocenters. The molecule has 1 saturated carbocycles. The van der Waals surface area contributed by atoms with Crippen LogP contribution in [-0.2, 0) is 6.54 Å². The molecule has 4 nitrogen and oxygen atoms in total. The average molecular weight is 306 g/mol. The Morgan fingerprint density at radius 2 is 2.19 bits per heavy atom. The normalized spacial score (nSPS) is 15.1. The van der Waals surface area contributed by atoms with Crippen LogP contribution < -0.4 is 10.6 Å². The molecule has 1 aliphatic carbocycles. The number of nitrogens with one attached hydrogen (secondary N) is 2. The lowest BCUT2D eigenvalue weighted by Crippen LogP contribution is -2.42. The van der Waals surface area contributed by atoms with Crippen LogP contribution in [0, 0.1) is 11.8 Å². The van der Waals surface area contributed by atoms with Crippen molar-refractivity contribution in [3.63, 3.8) is 0 Å². The van der Waals surface area contributed by atoms with Crippen molar-refractivity contribution in [3.8, 4) is 11.8 Å². The third-order valence-electron chi connectivity index (χ3n) is 3.49. The van der Waals surface area contributed by atoms with Crippen molar-refractivity contribution in [1.29, 1.82) is 0 Å². The highest BCUT2D eigenvalue weighted by Crippen LogP contribution is 2.17. The van der Waals surface area contributed by atoms with Gasteiger partial charge in [-0.3, -0.25) is 0 Å². The fourth-order valence-electron chi connectivity index (χ4n) is 2.41. The Kier molecular flexibility index (Phi) is 6.58. The van der Waals surface area contributed by atoms with Gasteiger partial charge in [-0.15, -0.1) is 11.3 Å². The van der Waals surface area contributed by atoms with Crippen molar-refractivity contribution in [2.75, 3.05) is 6.61 Å². The van der Waals surface area contributed by atoms with E-state index in [1.54, 1.807) is 11.3 Å². The van der Waals surface area contributed by atoms with Gasteiger partial charge < -0.3 is 15.7 Å². The minimum atomic E-state index is -0.0804. The van der Waals surface area contributed by atoms with E-state index in [1.807, 2.05) is 11.4 Å². The number of amides is 2. The highest BCUT2D eigenvalue weighted by molar-refractivity contribution is 7.10. The van der Waals surface area contributed by atoms with Crippen LogP contribution in [0.25, 0.3) is 0 Å². The Balaban J connectivity index is 1.72. The van der Waals surface area contributed by atoms with Crippen LogP contribution in [0.2, 0.25) is 0 Å². The minimum Gasteiger partial charge on any atom is -0.395 e. The quantitative estimate of drug-likeness (QED) is 0.749. The van der Waals surface area contributed by atoms with Crippen LogP contribution in [0.1, 0.15) is 49.0 Å². The van der Waals surface area contributed by atoms with E-state index in [0.29, 0.717) is 19.0 Å². The topological polar surface area (TPSA) is 61.4 Å². The van der Waals surface area contributed by atoms with Gasteiger partial charge in [0.2, 0.25) is 0 Å². The molecule has 21 heavy (non-hydrogen) atoms. The maximum atomic E-state index is 11.8. The third kappa shape index (κ3) is 5.78. The first-order valence-electron chi connectivity index (χ1n) is 7.49. The van der Waals surface area contributed by atoms with Crippen molar-refractivity contribution >= 4 is 17.4 Å². The second-order valence-corrected chi connectivity index (χ2v) is 6.23. The van der Waals surface area contributed by atoms with Gasteiger partial charge in [0, 0.05) is 28.3 Å². The summed E-state index contributed by atoms with van der Waals surface area (Å²) in [4.78, 5) is 12.9. The van der Waals surface area contributed by atoms with Gasteiger partial charge in [0.15, 0.2) is 0 Å². The van der Waals surface area contributed by atoms with E-state index in [-0.39, 0.29) is 12.6 Å². The zero-order valence-electron chi connectivity index (χ0n) is 12.2. The van der Waals surface area contributed by atoms with E-state index in [1.165, 1.54) is 19.3 Å². The molecule has 0 saturated heterocycles. The summed E-state index contributed by atoms with van der Waals surface area (Å²) >= 11 is 1.59. The van der Waals surface area contributed by atoms with Gasteiger partial charge in [-0.25, -0.2) is 4.79 Å². The molecule has 0 atom stereocenters. The molecule has 0 spiro atoms. The number of hydrogen-bond donors (Lipinski definition) is 3. The standard InChI is InChI=1S/C16H22N2O2S/c19-9-5-4-6-13-10-15(21-12-13)11-17-16(20)18-14-7-2-1-3-8-14/h10,12,14,19H,1-3,5,7-9,11H2,(H2,17,18,20). The summed E-state index contributed by atoms with van der Waals surface area (Å²) in [6.45, 7) is 0.623. The van der Waals surface area contributed by atoms with Crippen LogP contribution >= 0.6 is 11.3 Å². The highest BCUT2D eigenvalue weighted by atomic mass is 32.1. The SMILES string of the molecule is O=C(NCc1cc(C#CCCO)cs1)NC1CCCCC1. The molecular weight excluding hydrogens is 284 g/mol. The van der Waals surface area contributed by atoms with E-state index < -0.39 is 0 Å². The largest absolute Gasteiger partial charge is 0.395 e. The molecule has 3 N–H and O–H groups in total. The number of carbonyl (C=O) groups is 1. The second-order valence-electron chi connectivity index (χ2n) is 5.24. The van der Waals surface area contributed by atoms with Crippen LogP contribution in [0.4, 0.5) is 4.79 Å². The summed E-state index contributed by atoms with van der Waals surface area (Å²) in [5.41, 5.74) is 0.943. The van der Waals surface area contributed by atoms with E-state index in [9.17, 15) is 4.79 Å². The van der Waals surface area contributed by atoms with Crippen molar-refractivity contribution in [2.45, 2.75) is 51.1 Å². The van der Waals surface area contributed by atoms with Gasteiger partial charge in [-0.05, 0) is 18.9 Å². The van der Waals surface area contributed by atoms with E-state index in [2.05, 4.69) is 22.5 Å². The predicted molar refractivity (Wildman–Crippen MR) is 85.1 cm³/mol. The summed E-state index contributed by atoms with van der Waals surface area (Å²) in [5.74, 6) is 5.88. The first kappa shape index (κ1) is 15.9. The number of aliphatic hydroxyl groups excluding tert-OH is 1. The van der Waals surface area contributed by atoms with Gasteiger partial charge in [0.05, 0.1) is 13.2 Å². The van der Waals surface area contributed by atoms with Gasteiger partial charge in [-0.2, -0.15) is 0 Å². The fraction of sp³-hybridized carbons (Fsp3) is 0.562. The molecule has 0 bridgehead atoms. The molecule has 0 aromatic carbocycles. The number of urea groups is 1. The molecule has 114 valence electrons. The van der Waals surface area contributed by atoms with Crippen LogP contribution in [-0.4, -0.2) is 23.8 Å². The lowest BCUT2D eigenvalue weighted by atomic mass is 9.96. The van der Waals surface area contributed by atoms with E-state index in [4.69, 9.17) is 5.11 Å². The molecule has 2 rings (SSSR count). The molecule has 0 aliphatic heterocycles. The summed E-state index contributed by atoms with van der Waals surface area (Å²) in [5, 5.41) is 16.6. The summed E-state index contributed by atoms with van der Waals surface area (Å²) < 4.78 is 0. The molecule has 5 heteroatoms. The first-order chi connectivity index (χ1) is 10.3. The van der Waals surface area contributed by atoms with Crippen molar-refractivity contribution in [1.82, 2.24) is 10.6 Å². The lowest BCUT2D eigenvalue weighted by Gasteiger charge is -2.22. The zero-order valence-corrected chi connectivity index (χ0v) is 13.0. The van der Waals surface area contributed by atoms with Crippen LogP contribution in [0.15, 0.2) is 11.4 Å². The Labute approximate surface area is 129 Å². The highest BCUT2D eigenvalue weighted by Gasteiger charge is 2.15. The Morgan fingerprint density at radius 1 is 1.38 bits per heavy atom. The van der Waals surface area contributed by atoms with Crippen LogP contribution in [0.5, 0.6) is 0 Å². The minimum absolute atomic E-state index is 0.0804. The Hall–Kier alpha value is -1.51. The average Bonchev–Trinajstić information content (AvgIpc) is 2.94. The monoisotopic (exact) mass is 306 g/mol. The van der Waals surface area contributed by atoms with Gasteiger partial charge in [0.25, 0.3) is 0 Å². The summed E-state index contributed by atoms with van der Waals surface area (Å²) in [6, 6.07) is 2.24. The number of hydrogen-bond acceptors (Lipinski definition) is 3. The van der Waals surface area contributed by atoms with Gasteiger partial charge >= 0.3 is 6.03 Å². The predicted octanol–water partition coefficient (Wildman–Crippen LogP) is 2.61. The molecule has 1 aliphatic rings. The zero-order chi connectivity index (χ0) is 14.9. The number of thiophene rings is 1. The number of carbonyl (C=O) groups excluding carboxylic acids is 1. The molecule has 1 aromatic heterocycles. The molecular formula is C16H22N2O2S. The second kappa shape index (κ2) is 8.71. The molecule has 0 radical (unpaired) electrons. The van der Waals surface area contributed by atoms with Crippen LogP contribution in [0.3, 0.4) is 0 Å². The fourth-order valence-corrected chi connectivity index (χ4v) is 3.17. The summed E-state index contributed by atoms with van der Waals surface area (Å²) in [6.07, 6.45) is 6.40. The molecule has 1 heterocycles. The third-order valence-corrected chi connectivity index (χ3v) is 4.42. The van der Waals surface area contributed by atoms with Gasteiger partial charge in [-0.1, -0.05) is 31.1 Å². The number of rotatable bonds is 4. The number of aliphatic hydroxyl groups is 1. The lowest BCUT2D eigenvalue weighted by molar-refractivity contribution is 0.232. The smallest absolute Gasteiger partial charge is 0.315 e. The van der Waals surface area contributed by atoms with E-state index in [0.717, 1.165) is 23.3 Å². The van der Waals surface area contributed by atoms with E-state index >= 15 is 0 Å². The maximum absolute atomic E-state index is 11.8. The Morgan fingerprint density at radius 3 is 2.95 bits per heavy atom. The van der Waals surface area contributed by atoms with Crippen molar-refractivity contribution < 1.29 is 9.90 Å². The van der Waals surface area contributed by atoms with Crippen molar-refractivity contribution in [3.05, 3.63) is 21.9 Å². The summed E-state index contributed by atoms with van der Waals surface area (Å²) in [7, 11) is 0.